The van der Waals surface area contributed by atoms with E-state index >= 15 is 0 Å². The van der Waals surface area contributed by atoms with Crippen LogP contribution >= 0.6 is 0 Å². The Labute approximate surface area is 68.5 Å². The number of hydrogen-bond donors (Lipinski definition) is 0. The molecule has 1 aliphatic rings. The average molecular weight is 151 g/mol. The Morgan fingerprint density at radius 2 is 2.36 bits per heavy atom. The first-order valence-electron chi connectivity index (χ1n) is 4.31. The number of rotatable bonds is 2. The predicted octanol–water partition coefficient (Wildman–Crippen LogP) is 2.53. The van der Waals surface area contributed by atoms with Crippen molar-refractivity contribution in [1.29, 1.82) is 0 Å². The Kier molecular flexibility index (Phi) is 3.34. The molecule has 1 radical (unpaired) electrons. The van der Waals surface area contributed by atoms with Gasteiger partial charge in [0.2, 0.25) is 0 Å². The highest BCUT2D eigenvalue weighted by atomic mass is 16.1. The molecule has 11 heavy (non-hydrogen) atoms. The normalized spacial score (nSPS) is 20.8. The first-order chi connectivity index (χ1) is 5.29. The largest absolute Gasteiger partial charge is 0.295 e. The summed E-state index contributed by atoms with van der Waals surface area (Å²) in [5, 5.41) is 0. The molecular weight excluding hydrogens is 136 g/mol. The van der Waals surface area contributed by atoms with Crippen molar-refractivity contribution in [3.63, 3.8) is 0 Å². The summed E-state index contributed by atoms with van der Waals surface area (Å²) >= 11 is 0. The Hall–Kier alpha value is -0.590. The lowest BCUT2D eigenvalue weighted by Gasteiger charge is -2.16. The molecule has 1 saturated carbocycles. The molecule has 1 aliphatic carbocycles. The summed E-state index contributed by atoms with van der Waals surface area (Å²) in [7, 11) is 0. The second-order valence-electron chi connectivity index (χ2n) is 3.15. The summed E-state index contributed by atoms with van der Waals surface area (Å²) in [5.41, 5.74) is 0. The third kappa shape index (κ3) is 3.35. The molecule has 0 aromatic carbocycles. The molecule has 1 atom stereocenters. The number of carbonyl (C=O) groups excluding carboxylic acids is 1. The third-order valence-corrected chi connectivity index (χ3v) is 2.04. The summed E-state index contributed by atoms with van der Waals surface area (Å²) in [6.07, 6.45) is 11.1. The lowest BCUT2D eigenvalue weighted by molar-refractivity contribution is -0.112. The van der Waals surface area contributed by atoms with Gasteiger partial charge in [-0.3, -0.25) is 4.79 Å². The Morgan fingerprint density at radius 1 is 1.55 bits per heavy atom. The molecule has 0 bridgehead atoms. The third-order valence-electron chi connectivity index (χ3n) is 2.04. The summed E-state index contributed by atoms with van der Waals surface area (Å²) in [5.74, 6) is 0.719. The van der Waals surface area contributed by atoms with Crippen molar-refractivity contribution in [2.45, 2.75) is 32.6 Å². The Morgan fingerprint density at radius 3 is 2.91 bits per heavy atom. The predicted molar refractivity (Wildman–Crippen MR) is 46.1 cm³/mol. The van der Waals surface area contributed by atoms with Gasteiger partial charge in [0.05, 0.1) is 0 Å². The molecule has 0 aliphatic heterocycles. The van der Waals surface area contributed by atoms with Crippen molar-refractivity contribution >= 4 is 5.78 Å². The standard InChI is InChI=1S/C10H15O/c1-9(11)7-8-10-5-3-2-4-6-10/h5,7-8,10H,2-4,6H2,1H3/b8-7+. The summed E-state index contributed by atoms with van der Waals surface area (Å²) in [4.78, 5) is 10.6. The van der Waals surface area contributed by atoms with Crippen LogP contribution in [0.2, 0.25) is 0 Å². The van der Waals surface area contributed by atoms with Crippen LogP contribution in [0.25, 0.3) is 0 Å². The van der Waals surface area contributed by atoms with Crippen LogP contribution in [-0.4, -0.2) is 5.78 Å². The number of carbonyl (C=O) groups is 1. The SMILES string of the molecule is CC(=O)/C=C/C1[CH]CCCC1. The minimum Gasteiger partial charge on any atom is -0.295 e. The van der Waals surface area contributed by atoms with Gasteiger partial charge >= 0.3 is 0 Å². The molecule has 61 valence electrons. The van der Waals surface area contributed by atoms with Crippen LogP contribution in [0.1, 0.15) is 32.6 Å². The van der Waals surface area contributed by atoms with Crippen molar-refractivity contribution in [2.75, 3.05) is 0 Å². The number of hydrogen-bond acceptors (Lipinski definition) is 1. The van der Waals surface area contributed by atoms with E-state index in [0.717, 1.165) is 0 Å². The van der Waals surface area contributed by atoms with Gasteiger partial charge in [-0.05, 0) is 38.2 Å². The van der Waals surface area contributed by atoms with Crippen molar-refractivity contribution in [3.05, 3.63) is 18.6 Å². The fourth-order valence-corrected chi connectivity index (χ4v) is 1.41. The molecule has 0 heterocycles. The second kappa shape index (κ2) is 4.32. The highest BCUT2D eigenvalue weighted by molar-refractivity contribution is 5.87. The lowest BCUT2D eigenvalue weighted by Crippen LogP contribution is -2.03. The highest BCUT2D eigenvalue weighted by Gasteiger charge is 2.09. The van der Waals surface area contributed by atoms with Gasteiger partial charge in [0.15, 0.2) is 5.78 Å². The molecule has 0 saturated heterocycles. The monoisotopic (exact) mass is 151 g/mol. The number of ketones is 1. The van der Waals surface area contributed by atoms with Gasteiger partial charge in [-0.1, -0.05) is 18.9 Å². The van der Waals surface area contributed by atoms with Gasteiger partial charge < -0.3 is 0 Å². The van der Waals surface area contributed by atoms with Crippen LogP contribution in [0.4, 0.5) is 0 Å². The van der Waals surface area contributed by atoms with Crippen molar-refractivity contribution in [2.24, 2.45) is 5.92 Å². The highest BCUT2D eigenvalue weighted by Crippen LogP contribution is 2.23. The fraction of sp³-hybridized carbons (Fsp3) is 0.600. The summed E-state index contributed by atoms with van der Waals surface area (Å²) in [6.45, 7) is 1.60. The zero-order valence-corrected chi connectivity index (χ0v) is 7.05. The molecular formula is C10H15O. The molecule has 0 aromatic rings. The van der Waals surface area contributed by atoms with E-state index in [0.29, 0.717) is 5.92 Å². The van der Waals surface area contributed by atoms with E-state index in [-0.39, 0.29) is 5.78 Å². The van der Waals surface area contributed by atoms with Crippen LogP contribution in [0, 0.1) is 12.3 Å². The van der Waals surface area contributed by atoms with Gasteiger partial charge in [-0.25, -0.2) is 0 Å². The fourth-order valence-electron chi connectivity index (χ4n) is 1.41. The van der Waals surface area contributed by atoms with E-state index in [1.807, 2.05) is 6.08 Å². The molecule has 1 fully saturated rings. The Bertz CT molecular complexity index is 152. The molecule has 1 unspecified atom stereocenters. The molecule has 0 spiro atoms. The molecule has 1 nitrogen and oxygen atoms in total. The van der Waals surface area contributed by atoms with Gasteiger partial charge in [-0.15, -0.1) is 0 Å². The first-order valence-corrected chi connectivity index (χ1v) is 4.31. The van der Waals surface area contributed by atoms with E-state index in [1.165, 1.54) is 25.7 Å². The van der Waals surface area contributed by atoms with Crippen LogP contribution in [0.5, 0.6) is 0 Å². The topological polar surface area (TPSA) is 17.1 Å². The quantitative estimate of drug-likeness (QED) is 0.554. The van der Waals surface area contributed by atoms with Crippen molar-refractivity contribution in [1.82, 2.24) is 0 Å². The second-order valence-corrected chi connectivity index (χ2v) is 3.15. The molecule has 0 N–H and O–H groups in total. The first kappa shape index (κ1) is 8.51. The zero-order chi connectivity index (χ0) is 8.10. The molecule has 1 heteroatoms. The van der Waals surface area contributed by atoms with Crippen molar-refractivity contribution < 1.29 is 4.79 Å². The van der Waals surface area contributed by atoms with Gasteiger partial charge in [-0.2, -0.15) is 0 Å². The van der Waals surface area contributed by atoms with E-state index in [9.17, 15) is 4.79 Å². The van der Waals surface area contributed by atoms with E-state index in [4.69, 9.17) is 0 Å². The van der Waals surface area contributed by atoms with Gasteiger partial charge in [0.1, 0.15) is 0 Å². The van der Waals surface area contributed by atoms with E-state index in [1.54, 1.807) is 13.0 Å². The number of allylic oxidation sites excluding steroid dienone is 2. The summed E-state index contributed by atoms with van der Waals surface area (Å²) < 4.78 is 0. The molecule has 0 aromatic heterocycles. The van der Waals surface area contributed by atoms with Crippen LogP contribution in [0.15, 0.2) is 12.2 Å². The van der Waals surface area contributed by atoms with Crippen LogP contribution in [-0.2, 0) is 4.79 Å². The van der Waals surface area contributed by atoms with E-state index < -0.39 is 0 Å². The van der Waals surface area contributed by atoms with Crippen molar-refractivity contribution in [3.8, 4) is 0 Å². The lowest BCUT2D eigenvalue weighted by atomic mass is 9.89. The summed E-state index contributed by atoms with van der Waals surface area (Å²) in [6, 6.07) is 0. The van der Waals surface area contributed by atoms with Gasteiger partial charge in [0, 0.05) is 0 Å². The molecule has 0 amide bonds. The van der Waals surface area contributed by atoms with Crippen LogP contribution < -0.4 is 0 Å². The van der Waals surface area contributed by atoms with E-state index in [2.05, 4.69) is 6.42 Å². The zero-order valence-electron chi connectivity index (χ0n) is 7.05. The van der Waals surface area contributed by atoms with Crippen LogP contribution in [0.3, 0.4) is 0 Å². The maximum absolute atomic E-state index is 10.6. The average Bonchev–Trinajstić information content (AvgIpc) is 2.03. The smallest absolute Gasteiger partial charge is 0.152 e. The molecule has 1 rings (SSSR count). The maximum Gasteiger partial charge on any atom is 0.152 e. The Balaban J connectivity index is 2.29. The minimum absolute atomic E-state index is 0.156. The maximum atomic E-state index is 10.6. The van der Waals surface area contributed by atoms with Gasteiger partial charge in [0.25, 0.3) is 0 Å². The minimum atomic E-state index is 0.156.